The summed E-state index contributed by atoms with van der Waals surface area (Å²) in [6.45, 7) is 4.94. The number of rotatable bonds is 3. The number of hydrogen-bond acceptors (Lipinski definition) is 5. The summed E-state index contributed by atoms with van der Waals surface area (Å²) >= 11 is 0. The molecular formula is C21H25N3O2. The first kappa shape index (κ1) is 17.2. The van der Waals surface area contributed by atoms with Crippen molar-refractivity contribution in [1.29, 1.82) is 0 Å². The maximum atomic E-state index is 11.8. The lowest BCUT2D eigenvalue weighted by molar-refractivity contribution is 0.0600. The highest BCUT2D eigenvalue weighted by Crippen LogP contribution is 2.44. The molecule has 0 N–H and O–H groups in total. The number of hydrogen-bond donors (Lipinski definition) is 0. The number of likely N-dealkylation sites (tertiary alicyclic amines) is 1. The van der Waals surface area contributed by atoms with E-state index in [4.69, 9.17) is 9.72 Å². The molecule has 1 fully saturated rings. The topological polar surface area (TPSA) is 55.3 Å². The van der Waals surface area contributed by atoms with E-state index < -0.39 is 0 Å². The number of methoxy groups -OCH3 is 1. The minimum Gasteiger partial charge on any atom is -0.465 e. The van der Waals surface area contributed by atoms with E-state index >= 15 is 0 Å². The second-order valence-corrected chi connectivity index (χ2v) is 7.58. The predicted octanol–water partition coefficient (Wildman–Crippen LogP) is 3.05. The number of fused-ring (bicyclic) bond motifs is 2. The molecule has 1 aromatic carbocycles. The zero-order chi connectivity index (χ0) is 18.1. The van der Waals surface area contributed by atoms with Crippen LogP contribution >= 0.6 is 0 Å². The van der Waals surface area contributed by atoms with Gasteiger partial charge in [-0.05, 0) is 62.4 Å². The Labute approximate surface area is 154 Å². The van der Waals surface area contributed by atoms with E-state index in [9.17, 15) is 4.79 Å². The van der Waals surface area contributed by atoms with E-state index in [-0.39, 0.29) is 11.4 Å². The molecule has 0 bridgehead atoms. The van der Waals surface area contributed by atoms with Crippen LogP contribution < -0.4 is 0 Å². The van der Waals surface area contributed by atoms with Crippen LogP contribution in [-0.4, -0.2) is 41.0 Å². The zero-order valence-electron chi connectivity index (χ0n) is 15.5. The molecule has 2 aromatic rings. The fourth-order valence-electron chi connectivity index (χ4n) is 4.56. The van der Waals surface area contributed by atoms with Gasteiger partial charge in [0.05, 0.1) is 18.4 Å². The summed E-state index contributed by atoms with van der Waals surface area (Å²) in [4.78, 5) is 23.5. The summed E-state index contributed by atoms with van der Waals surface area (Å²) in [5.74, 6) is 0.590. The van der Waals surface area contributed by atoms with Crippen LogP contribution in [0.5, 0.6) is 0 Å². The molecule has 1 atom stereocenters. The Morgan fingerprint density at radius 1 is 1.35 bits per heavy atom. The van der Waals surface area contributed by atoms with Crippen molar-refractivity contribution in [2.75, 3.05) is 20.2 Å². The first-order valence-electron chi connectivity index (χ1n) is 9.32. The van der Waals surface area contributed by atoms with Crippen molar-refractivity contribution in [3.05, 3.63) is 58.7 Å². The summed E-state index contributed by atoms with van der Waals surface area (Å²) in [6, 6.07) is 7.77. The third-order valence-electron chi connectivity index (χ3n) is 5.77. The minimum absolute atomic E-state index is 0.168. The normalized spacial score (nSPS) is 22.4. The van der Waals surface area contributed by atoms with Crippen LogP contribution in [0.4, 0.5) is 0 Å². The van der Waals surface area contributed by atoms with Gasteiger partial charge in [0.15, 0.2) is 0 Å². The zero-order valence-corrected chi connectivity index (χ0v) is 15.5. The monoisotopic (exact) mass is 351 g/mol. The number of aromatic nitrogens is 2. The fraction of sp³-hybridized carbons (Fsp3) is 0.476. The van der Waals surface area contributed by atoms with Crippen LogP contribution in [0.2, 0.25) is 0 Å². The van der Waals surface area contributed by atoms with Gasteiger partial charge in [0.1, 0.15) is 5.82 Å². The van der Waals surface area contributed by atoms with Gasteiger partial charge < -0.3 is 4.74 Å². The van der Waals surface area contributed by atoms with E-state index in [0.29, 0.717) is 5.56 Å². The Bertz CT molecular complexity index is 832. The summed E-state index contributed by atoms with van der Waals surface area (Å²) in [7, 11) is 1.42. The Hall–Kier alpha value is -2.27. The standard InChI is InChI=1S/C21H25N3O2/c1-15-22-12-18-7-9-21(19(18)23-15)8-4-10-24(14-21)13-16-5-3-6-17(11-16)20(25)26-2/h3,5-6,11-12H,4,7-10,13-14H2,1-2H3. The molecule has 26 heavy (non-hydrogen) atoms. The fourth-order valence-corrected chi connectivity index (χ4v) is 4.56. The number of aryl methyl sites for hydroxylation is 2. The Kier molecular flexibility index (Phi) is 4.49. The number of carbonyl (C=O) groups is 1. The van der Waals surface area contributed by atoms with E-state index in [1.807, 2.05) is 25.3 Å². The smallest absolute Gasteiger partial charge is 0.337 e. The van der Waals surface area contributed by atoms with Crippen LogP contribution in [0.25, 0.3) is 0 Å². The summed E-state index contributed by atoms with van der Waals surface area (Å²) in [5, 5.41) is 0. The molecule has 1 aliphatic heterocycles. The Morgan fingerprint density at radius 2 is 2.23 bits per heavy atom. The van der Waals surface area contributed by atoms with E-state index in [1.165, 1.54) is 37.6 Å². The molecule has 5 heteroatoms. The quantitative estimate of drug-likeness (QED) is 0.796. The molecule has 4 rings (SSSR count). The van der Waals surface area contributed by atoms with Crippen LogP contribution in [0.3, 0.4) is 0 Å². The van der Waals surface area contributed by atoms with Gasteiger partial charge in [-0.25, -0.2) is 14.8 Å². The average Bonchev–Trinajstić information content (AvgIpc) is 2.98. The molecule has 2 aliphatic rings. The molecule has 1 saturated heterocycles. The van der Waals surface area contributed by atoms with Crippen molar-refractivity contribution in [2.45, 2.75) is 44.6 Å². The van der Waals surface area contributed by atoms with E-state index in [0.717, 1.165) is 37.4 Å². The van der Waals surface area contributed by atoms with Gasteiger partial charge in [-0.15, -0.1) is 0 Å². The molecule has 1 aliphatic carbocycles. The molecule has 136 valence electrons. The minimum atomic E-state index is -0.279. The molecule has 0 amide bonds. The van der Waals surface area contributed by atoms with Gasteiger partial charge in [0.2, 0.25) is 0 Å². The first-order chi connectivity index (χ1) is 12.6. The molecule has 1 unspecified atom stereocenters. The Morgan fingerprint density at radius 3 is 3.08 bits per heavy atom. The second-order valence-electron chi connectivity index (χ2n) is 7.58. The van der Waals surface area contributed by atoms with E-state index in [2.05, 4.69) is 16.0 Å². The van der Waals surface area contributed by atoms with Gasteiger partial charge >= 0.3 is 5.97 Å². The molecule has 5 nitrogen and oxygen atoms in total. The molecule has 2 heterocycles. The first-order valence-corrected chi connectivity index (χ1v) is 9.32. The summed E-state index contributed by atoms with van der Waals surface area (Å²) in [6.07, 6.45) is 6.65. The molecule has 0 radical (unpaired) electrons. The van der Waals surface area contributed by atoms with Crippen LogP contribution in [0.1, 0.15) is 52.3 Å². The third-order valence-corrected chi connectivity index (χ3v) is 5.77. The molecule has 1 spiro atoms. The van der Waals surface area contributed by atoms with Crippen LogP contribution in [0.15, 0.2) is 30.5 Å². The number of piperidine rings is 1. The highest BCUT2D eigenvalue weighted by atomic mass is 16.5. The predicted molar refractivity (Wildman–Crippen MR) is 99.1 cm³/mol. The van der Waals surface area contributed by atoms with Gasteiger partial charge in [-0.3, -0.25) is 4.90 Å². The van der Waals surface area contributed by atoms with Crippen molar-refractivity contribution in [3.63, 3.8) is 0 Å². The summed E-state index contributed by atoms with van der Waals surface area (Å²) in [5.41, 5.74) is 4.54. The van der Waals surface area contributed by atoms with Gasteiger partial charge in [0.25, 0.3) is 0 Å². The molecular weight excluding hydrogens is 326 g/mol. The van der Waals surface area contributed by atoms with Crippen molar-refractivity contribution >= 4 is 5.97 Å². The molecule has 1 aromatic heterocycles. The van der Waals surface area contributed by atoms with Crippen molar-refractivity contribution in [2.24, 2.45) is 0 Å². The van der Waals surface area contributed by atoms with Crippen LogP contribution in [-0.2, 0) is 23.1 Å². The van der Waals surface area contributed by atoms with Crippen molar-refractivity contribution < 1.29 is 9.53 Å². The highest BCUT2D eigenvalue weighted by Gasteiger charge is 2.43. The lowest BCUT2D eigenvalue weighted by Crippen LogP contribution is -2.45. The summed E-state index contributed by atoms with van der Waals surface area (Å²) < 4.78 is 4.84. The maximum absolute atomic E-state index is 11.8. The van der Waals surface area contributed by atoms with Crippen molar-refractivity contribution in [3.8, 4) is 0 Å². The van der Waals surface area contributed by atoms with Gasteiger partial charge in [-0.1, -0.05) is 12.1 Å². The second kappa shape index (κ2) is 6.80. The lowest BCUT2D eigenvalue weighted by Gasteiger charge is -2.40. The lowest BCUT2D eigenvalue weighted by atomic mass is 9.77. The number of nitrogens with zero attached hydrogens (tertiary/aromatic N) is 3. The van der Waals surface area contributed by atoms with Crippen LogP contribution in [0, 0.1) is 6.92 Å². The maximum Gasteiger partial charge on any atom is 0.337 e. The third kappa shape index (κ3) is 3.12. The SMILES string of the molecule is COC(=O)c1cccc(CN2CCCC3(CCc4cnc(C)nc43)C2)c1. The van der Waals surface area contributed by atoms with Gasteiger partial charge in [0, 0.05) is 24.7 Å². The number of carbonyl (C=O) groups excluding carboxylic acids is 1. The molecule has 0 saturated carbocycles. The average molecular weight is 351 g/mol. The number of esters is 1. The number of ether oxygens (including phenoxy) is 1. The van der Waals surface area contributed by atoms with Crippen molar-refractivity contribution in [1.82, 2.24) is 14.9 Å². The largest absolute Gasteiger partial charge is 0.465 e. The van der Waals surface area contributed by atoms with Gasteiger partial charge in [-0.2, -0.15) is 0 Å². The highest BCUT2D eigenvalue weighted by molar-refractivity contribution is 5.89. The number of benzene rings is 1. The Balaban J connectivity index is 1.54. The van der Waals surface area contributed by atoms with E-state index in [1.54, 1.807) is 6.07 Å².